The van der Waals surface area contributed by atoms with E-state index >= 15 is 0 Å². The highest BCUT2D eigenvalue weighted by atomic mass is 35.5. The molecule has 0 aromatic heterocycles. The van der Waals surface area contributed by atoms with Crippen molar-refractivity contribution in [3.8, 4) is 0 Å². The van der Waals surface area contributed by atoms with Crippen LogP contribution in [0, 0.1) is 0 Å². The molecule has 0 amide bonds. The van der Waals surface area contributed by atoms with Gasteiger partial charge in [-0.3, -0.25) is 0 Å². The number of nitrogens with one attached hydrogen (secondary N) is 1. The first kappa shape index (κ1) is 18.7. The molecule has 21 heavy (non-hydrogen) atoms. The fourth-order valence-corrected chi connectivity index (χ4v) is 3.84. The molecule has 0 aliphatic heterocycles. The normalized spacial score (nSPS) is 12.7. The molecule has 0 saturated carbocycles. The van der Waals surface area contributed by atoms with Crippen LogP contribution in [0.3, 0.4) is 0 Å². The van der Waals surface area contributed by atoms with Gasteiger partial charge in [0, 0.05) is 18.2 Å². The smallest absolute Gasteiger partial charge is 0.242 e. The first-order valence-corrected chi connectivity index (χ1v) is 8.59. The van der Waals surface area contributed by atoms with Gasteiger partial charge in [-0.2, -0.15) is 0 Å². The van der Waals surface area contributed by atoms with E-state index in [0.29, 0.717) is 6.61 Å². The number of aliphatic hydroxyl groups is 1. The lowest BCUT2D eigenvalue weighted by Crippen LogP contribution is -2.40. The molecule has 5 nitrogen and oxygen atoms in total. The van der Waals surface area contributed by atoms with Crippen molar-refractivity contribution in [1.82, 2.24) is 4.72 Å². The van der Waals surface area contributed by atoms with Crippen LogP contribution in [-0.2, 0) is 21.4 Å². The van der Waals surface area contributed by atoms with Crippen LogP contribution in [0.25, 0.3) is 0 Å². The van der Waals surface area contributed by atoms with Crippen LogP contribution in [0.2, 0.25) is 10.0 Å². The fourth-order valence-electron chi connectivity index (χ4n) is 1.72. The highest BCUT2D eigenvalue weighted by Gasteiger charge is 2.25. The number of hydrogen-bond donors (Lipinski definition) is 2. The molecule has 0 atom stereocenters. The van der Waals surface area contributed by atoms with Gasteiger partial charge in [0.1, 0.15) is 4.90 Å². The zero-order valence-corrected chi connectivity index (χ0v) is 14.4. The summed E-state index contributed by atoms with van der Waals surface area (Å²) >= 11 is 11.9. The van der Waals surface area contributed by atoms with E-state index in [2.05, 4.69) is 4.72 Å². The van der Waals surface area contributed by atoms with Crippen LogP contribution in [-0.4, -0.2) is 32.3 Å². The minimum absolute atomic E-state index is 0.0383. The van der Waals surface area contributed by atoms with Crippen LogP contribution in [0.5, 0.6) is 0 Å². The molecule has 0 unspecified atom stereocenters. The van der Waals surface area contributed by atoms with Gasteiger partial charge >= 0.3 is 0 Å². The van der Waals surface area contributed by atoms with Crippen molar-refractivity contribution in [3.63, 3.8) is 0 Å². The third-order valence-corrected chi connectivity index (χ3v) is 4.96. The van der Waals surface area contributed by atoms with E-state index in [1.807, 2.05) is 6.92 Å². The number of halogens is 2. The molecule has 1 aromatic carbocycles. The summed E-state index contributed by atoms with van der Waals surface area (Å²) in [5, 5.41) is 9.33. The van der Waals surface area contributed by atoms with Crippen molar-refractivity contribution in [1.29, 1.82) is 0 Å². The van der Waals surface area contributed by atoms with E-state index in [1.54, 1.807) is 13.8 Å². The topological polar surface area (TPSA) is 75.6 Å². The molecule has 0 aliphatic carbocycles. The Morgan fingerprint density at radius 2 is 1.95 bits per heavy atom. The maximum Gasteiger partial charge on any atom is 0.242 e. The second-order valence-electron chi connectivity index (χ2n) is 5.05. The summed E-state index contributed by atoms with van der Waals surface area (Å²) in [4.78, 5) is -0.159. The minimum Gasteiger partial charge on any atom is -0.392 e. The van der Waals surface area contributed by atoms with Gasteiger partial charge in [-0.15, -0.1) is 0 Å². The molecule has 0 fully saturated rings. The number of benzene rings is 1. The van der Waals surface area contributed by atoms with E-state index < -0.39 is 22.2 Å². The Hall–Kier alpha value is -0.370. The van der Waals surface area contributed by atoms with Crippen molar-refractivity contribution >= 4 is 33.2 Å². The number of hydrogen-bond acceptors (Lipinski definition) is 4. The second kappa shape index (κ2) is 7.26. The van der Waals surface area contributed by atoms with E-state index in [4.69, 9.17) is 27.9 Å². The zero-order valence-electron chi connectivity index (χ0n) is 12.1. The molecule has 0 radical (unpaired) electrons. The van der Waals surface area contributed by atoms with Crippen LogP contribution < -0.4 is 4.72 Å². The monoisotopic (exact) mass is 355 g/mol. The molecule has 1 rings (SSSR count). The number of ether oxygens (including phenoxy) is 1. The summed E-state index contributed by atoms with van der Waals surface area (Å²) in [5.41, 5.74) is -0.388. The number of sulfonamides is 1. The SMILES string of the molecule is CCOC(C)(C)CNS(=O)(=O)c1cc(Cl)cc(CO)c1Cl. The molecular weight excluding hydrogens is 337 g/mol. The van der Waals surface area contributed by atoms with Crippen molar-refractivity contribution < 1.29 is 18.3 Å². The molecule has 0 bridgehead atoms. The predicted molar refractivity (Wildman–Crippen MR) is 83.3 cm³/mol. The van der Waals surface area contributed by atoms with E-state index in [0.717, 1.165) is 0 Å². The Labute approximate surface area is 135 Å². The van der Waals surface area contributed by atoms with E-state index in [9.17, 15) is 13.5 Å². The third-order valence-electron chi connectivity index (χ3n) is 2.76. The Kier molecular flexibility index (Phi) is 6.46. The van der Waals surface area contributed by atoms with Crippen LogP contribution in [0.1, 0.15) is 26.3 Å². The van der Waals surface area contributed by atoms with Gasteiger partial charge in [-0.05, 0) is 38.5 Å². The second-order valence-corrected chi connectivity index (χ2v) is 7.60. The molecule has 0 heterocycles. The standard InChI is InChI=1S/C13H19Cl2NO4S/c1-4-20-13(2,3)8-16-21(18,19)11-6-10(14)5-9(7-17)12(11)15/h5-6,16-17H,4,7-8H2,1-3H3. The number of rotatable bonds is 7. The van der Waals surface area contributed by atoms with Gasteiger partial charge in [0.05, 0.1) is 17.2 Å². The van der Waals surface area contributed by atoms with Crippen molar-refractivity contribution in [3.05, 3.63) is 27.7 Å². The van der Waals surface area contributed by atoms with Crippen LogP contribution in [0.4, 0.5) is 0 Å². The van der Waals surface area contributed by atoms with E-state index in [-0.39, 0.29) is 27.0 Å². The summed E-state index contributed by atoms with van der Waals surface area (Å²) in [5.74, 6) is 0. The fraction of sp³-hybridized carbons (Fsp3) is 0.538. The average molecular weight is 356 g/mol. The van der Waals surface area contributed by atoms with Gasteiger partial charge < -0.3 is 9.84 Å². The molecule has 2 N–H and O–H groups in total. The lowest BCUT2D eigenvalue weighted by molar-refractivity contribution is -0.00515. The van der Waals surface area contributed by atoms with Crippen molar-refractivity contribution in [2.24, 2.45) is 0 Å². The Bertz CT molecular complexity index is 602. The van der Waals surface area contributed by atoms with Gasteiger partial charge in [0.2, 0.25) is 10.0 Å². The number of aliphatic hydroxyl groups excluding tert-OH is 1. The molecule has 0 spiro atoms. The highest BCUT2D eigenvalue weighted by Crippen LogP contribution is 2.29. The third kappa shape index (κ3) is 5.09. The highest BCUT2D eigenvalue weighted by molar-refractivity contribution is 7.89. The maximum atomic E-state index is 12.3. The molecule has 120 valence electrons. The molecule has 0 saturated heterocycles. The summed E-state index contributed by atoms with van der Waals surface area (Å²) in [6, 6.07) is 2.67. The first-order valence-electron chi connectivity index (χ1n) is 6.35. The largest absolute Gasteiger partial charge is 0.392 e. The summed E-state index contributed by atoms with van der Waals surface area (Å²) in [6.45, 7) is 5.54. The van der Waals surface area contributed by atoms with Gasteiger partial charge in [0.25, 0.3) is 0 Å². The summed E-state index contributed by atoms with van der Waals surface area (Å²) < 4.78 is 32.5. The summed E-state index contributed by atoms with van der Waals surface area (Å²) in [7, 11) is -3.86. The van der Waals surface area contributed by atoms with Gasteiger partial charge in [0.15, 0.2) is 0 Å². The van der Waals surface area contributed by atoms with Gasteiger partial charge in [-0.25, -0.2) is 13.1 Å². The molecule has 1 aromatic rings. The Balaban J connectivity index is 3.06. The maximum absolute atomic E-state index is 12.3. The Morgan fingerprint density at radius 1 is 1.33 bits per heavy atom. The lowest BCUT2D eigenvalue weighted by Gasteiger charge is -2.25. The zero-order chi connectivity index (χ0) is 16.3. The molecule has 0 aliphatic rings. The summed E-state index contributed by atoms with van der Waals surface area (Å²) in [6.07, 6.45) is 0. The molecule has 8 heteroatoms. The van der Waals surface area contributed by atoms with Gasteiger partial charge in [-0.1, -0.05) is 23.2 Å². The Morgan fingerprint density at radius 3 is 2.48 bits per heavy atom. The quantitative estimate of drug-likeness (QED) is 0.787. The predicted octanol–water partition coefficient (Wildman–Crippen LogP) is 2.58. The van der Waals surface area contributed by atoms with Crippen molar-refractivity contribution in [2.75, 3.05) is 13.2 Å². The first-order chi connectivity index (χ1) is 9.63. The van der Waals surface area contributed by atoms with Crippen LogP contribution in [0.15, 0.2) is 17.0 Å². The van der Waals surface area contributed by atoms with Crippen molar-refractivity contribution in [2.45, 2.75) is 37.9 Å². The lowest BCUT2D eigenvalue weighted by atomic mass is 10.1. The average Bonchev–Trinajstić information content (AvgIpc) is 2.39. The van der Waals surface area contributed by atoms with E-state index in [1.165, 1.54) is 12.1 Å². The molecular formula is C13H19Cl2NO4S. The van der Waals surface area contributed by atoms with Crippen LogP contribution >= 0.6 is 23.2 Å². The minimum atomic E-state index is -3.86.